The molecule has 6 nitrogen and oxygen atoms in total. The van der Waals surface area contributed by atoms with Gasteiger partial charge in [0.25, 0.3) is 0 Å². The molecule has 0 aliphatic carbocycles. The number of nitrogens with zero attached hydrogens (tertiary/aromatic N) is 1. The summed E-state index contributed by atoms with van der Waals surface area (Å²) >= 11 is 0. The summed E-state index contributed by atoms with van der Waals surface area (Å²) in [7, 11) is -3.84. The topological polar surface area (TPSA) is 92.5 Å². The number of halogens is 3. The monoisotopic (exact) mass is 351 g/mol. The van der Waals surface area contributed by atoms with Crippen LogP contribution in [0.15, 0.2) is 29.2 Å². The van der Waals surface area contributed by atoms with Crippen LogP contribution >= 0.6 is 0 Å². The quantitative estimate of drug-likeness (QED) is 0.855. The summed E-state index contributed by atoms with van der Waals surface area (Å²) in [5.41, 5.74) is 0.275. The minimum atomic E-state index is -4.32. The molecule has 1 aliphatic heterocycles. The van der Waals surface area contributed by atoms with Gasteiger partial charge in [0.2, 0.25) is 10.0 Å². The first kappa shape index (κ1) is 17.5. The lowest BCUT2D eigenvalue weighted by atomic mass is 9.98. The van der Waals surface area contributed by atoms with Crippen molar-refractivity contribution in [2.45, 2.75) is 23.9 Å². The second kappa shape index (κ2) is 6.36. The van der Waals surface area contributed by atoms with Crippen molar-refractivity contribution < 1.29 is 26.4 Å². The Labute approximate surface area is 131 Å². The van der Waals surface area contributed by atoms with E-state index >= 15 is 0 Å². The third-order valence-corrected chi connectivity index (χ3v) is 4.53. The summed E-state index contributed by atoms with van der Waals surface area (Å²) in [6, 6.07) is 4.41. The number of hydrogen-bond donors (Lipinski definition) is 2. The number of nitrogens with one attached hydrogen (secondary N) is 1. The Bertz CT molecular complexity index is 674. The number of urea groups is 1. The highest BCUT2D eigenvalue weighted by atomic mass is 32.2. The second-order valence-electron chi connectivity index (χ2n) is 5.33. The highest BCUT2D eigenvalue weighted by Gasteiger charge is 2.42. The van der Waals surface area contributed by atoms with Crippen molar-refractivity contribution in [2.75, 3.05) is 18.4 Å². The van der Waals surface area contributed by atoms with Gasteiger partial charge >= 0.3 is 12.2 Å². The van der Waals surface area contributed by atoms with Gasteiger partial charge in [-0.2, -0.15) is 13.2 Å². The van der Waals surface area contributed by atoms with Gasteiger partial charge in [0.1, 0.15) is 0 Å². The number of piperidine rings is 1. The molecule has 1 aromatic rings. The summed E-state index contributed by atoms with van der Waals surface area (Å²) < 4.78 is 60.4. The Kier molecular flexibility index (Phi) is 4.85. The molecule has 1 saturated heterocycles. The van der Waals surface area contributed by atoms with Crippen LogP contribution in [0.25, 0.3) is 0 Å². The zero-order chi connectivity index (χ0) is 17.3. The molecule has 0 aromatic heterocycles. The number of sulfonamides is 1. The normalized spacial score (nSPS) is 19.5. The van der Waals surface area contributed by atoms with Crippen molar-refractivity contribution in [1.82, 2.24) is 4.90 Å². The fraction of sp³-hybridized carbons (Fsp3) is 0.462. The van der Waals surface area contributed by atoms with E-state index < -0.39 is 28.1 Å². The maximum absolute atomic E-state index is 12.7. The number of likely N-dealkylation sites (tertiary alicyclic amines) is 1. The number of nitrogens with two attached hydrogens (primary N) is 1. The first-order valence-corrected chi connectivity index (χ1v) is 8.37. The standard InChI is InChI=1S/C13H16F3N3O3S/c14-13(15,16)9-2-1-7-19(8-9)12(20)18-10-3-5-11(6-4-10)23(17,21)22/h3-6,9H,1-2,7-8H2,(H,18,20)(H2,17,21,22). The SMILES string of the molecule is NS(=O)(=O)c1ccc(NC(=O)N2CCCC(C(F)(F)F)C2)cc1. The Morgan fingerprint density at radius 3 is 2.39 bits per heavy atom. The first-order valence-electron chi connectivity index (χ1n) is 6.83. The summed E-state index contributed by atoms with van der Waals surface area (Å²) in [4.78, 5) is 13.0. The largest absolute Gasteiger partial charge is 0.393 e. The molecule has 0 radical (unpaired) electrons. The lowest BCUT2D eigenvalue weighted by Crippen LogP contribution is -2.46. The average molecular weight is 351 g/mol. The van der Waals surface area contributed by atoms with Gasteiger partial charge in [0.15, 0.2) is 0 Å². The van der Waals surface area contributed by atoms with E-state index in [9.17, 15) is 26.4 Å². The third-order valence-electron chi connectivity index (χ3n) is 3.61. The lowest BCUT2D eigenvalue weighted by molar-refractivity contribution is -0.183. The van der Waals surface area contributed by atoms with Crippen molar-refractivity contribution in [3.05, 3.63) is 24.3 Å². The number of alkyl halides is 3. The zero-order valence-corrected chi connectivity index (χ0v) is 12.8. The molecule has 1 fully saturated rings. The molecule has 1 aromatic carbocycles. The summed E-state index contributed by atoms with van der Waals surface area (Å²) in [6.07, 6.45) is -4.03. The maximum atomic E-state index is 12.7. The van der Waals surface area contributed by atoms with E-state index in [0.717, 1.165) is 4.90 Å². The molecule has 2 amide bonds. The van der Waals surface area contributed by atoms with Crippen LogP contribution in [0.1, 0.15) is 12.8 Å². The first-order chi connectivity index (χ1) is 10.6. The van der Waals surface area contributed by atoms with Crippen LogP contribution < -0.4 is 10.5 Å². The molecule has 10 heteroatoms. The zero-order valence-electron chi connectivity index (χ0n) is 12.0. The van der Waals surface area contributed by atoms with E-state index in [2.05, 4.69) is 5.32 Å². The van der Waals surface area contributed by atoms with Crippen LogP contribution in [-0.4, -0.2) is 38.6 Å². The Morgan fingerprint density at radius 1 is 1.26 bits per heavy atom. The van der Waals surface area contributed by atoms with Crippen molar-refractivity contribution in [1.29, 1.82) is 0 Å². The smallest absolute Gasteiger partial charge is 0.324 e. The predicted octanol–water partition coefficient (Wildman–Crippen LogP) is 2.14. The molecular formula is C13H16F3N3O3S. The van der Waals surface area contributed by atoms with E-state index in [0.29, 0.717) is 0 Å². The van der Waals surface area contributed by atoms with E-state index in [1.807, 2.05) is 0 Å². The number of carbonyl (C=O) groups is 1. The van der Waals surface area contributed by atoms with Gasteiger partial charge in [-0.15, -0.1) is 0 Å². The number of amides is 2. The fourth-order valence-corrected chi connectivity index (χ4v) is 2.87. The van der Waals surface area contributed by atoms with Crippen LogP contribution in [0.4, 0.5) is 23.7 Å². The van der Waals surface area contributed by atoms with Gasteiger partial charge in [0, 0.05) is 18.8 Å². The molecule has 1 aliphatic rings. The van der Waals surface area contributed by atoms with Crippen LogP contribution in [-0.2, 0) is 10.0 Å². The molecule has 1 unspecified atom stereocenters. The number of benzene rings is 1. The highest BCUT2D eigenvalue weighted by Crippen LogP contribution is 2.33. The van der Waals surface area contributed by atoms with Crippen molar-refractivity contribution in [3.63, 3.8) is 0 Å². The second-order valence-corrected chi connectivity index (χ2v) is 6.89. The summed E-state index contributed by atoms with van der Waals surface area (Å²) in [5.74, 6) is -1.52. The minimum absolute atomic E-state index is 0.0103. The van der Waals surface area contributed by atoms with Gasteiger partial charge in [-0.25, -0.2) is 18.4 Å². The summed E-state index contributed by atoms with van der Waals surface area (Å²) in [6.45, 7) is -0.141. The van der Waals surface area contributed by atoms with Crippen LogP contribution in [0.3, 0.4) is 0 Å². The number of primary sulfonamides is 1. The Morgan fingerprint density at radius 2 is 1.87 bits per heavy atom. The molecular weight excluding hydrogens is 335 g/mol. The molecule has 1 heterocycles. The van der Waals surface area contributed by atoms with E-state index in [-0.39, 0.29) is 36.5 Å². The molecule has 128 valence electrons. The average Bonchev–Trinajstić information content (AvgIpc) is 2.46. The molecule has 0 saturated carbocycles. The fourth-order valence-electron chi connectivity index (χ4n) is 2.36. The molecule has 1 atom stereocenters. The Balaban J connectivity index is 2.01. The Hall–Kier alpha value is -1.81. The van der Waals surface area contributed by atoms with E-state index in [4.69, 9.17) is 5.14 Å². The van der Waals surface area contributed by atoms with Crippen LogP contribution in [0, 0.1) is 5.92 Å². The van der Waals surface area contributed by atoms with Gasteiger partial charge in [-0.05, 0) is 37.1 Å². The third kappa shape index (κ3) is 4.58. The lowest BCUT2D eigenvalue weighted by Gasteiger charge is -2.33. The van der Waals surface area contributed by atoms with Gasteiger partial charge in [0.05, 0.1) is 10.8 Å². The van der Waals surface area contributed by atoms with Gasteiger partial charge < -0.3 is 10.2 Å². The van der Waals surface area contributed by atoms with Crippen molar-refractivity contribution in [2.24, 2.45) is 11.1 Å². The molecule has 0 spiro atoms. The van der Waals surface area contributed by atoms with E-state index in [1.54, 1.807) is 0 Å². The van der Waals surface area contributed by atoms with Crippen molar-refractivity contribution >= 4 is 21.7 Å². The maximum Gasteiger partial charge on any atom is 0.393 e. The van der Waals surface area contributed by atoms with Gasteiger partial charge in [-0.3, -0.25) is 0 Å². The molecule has 23 heavy (non-hydrogen) atoms. The van der Waals surface area contributed by atoms with E-state index in [1.165, 1.54) is 24.3 Å². The number of anilines is 1. The van der Waals surface area contributed by atoms with Crippen LogP contribution in [0.5, 0.6) is 0 Å². The predicted molar refractivity (Wildman–Crippen MR) is 77.2 cm³/mol. The minimum Gasteiger partial charge on any atom is -0.324 e. The van der Waals surface area contributed by atoms with Crippen LogP contribution in [0.2, 0.25) is 0 Å². The van der Waals surface area contributed by atoms with Gasteiger partial charge in [-0.1, -0.05) is 0 Å². The highest BCUT2D eigenvalue weighted by molar-refractivity contribution is 7.89. The molecule has 3 N–H and O–H groups in total. The molecule has 0 bridgehead atoms. The number of rotatable bonds is 2. The summed E-state index contributed by atoms with van der Waals surface area (Å²) in [5, 5.41) is 7.40. The number of carbonyl (C=O) groups excluding carboxylic acids is 1. The number of hydrogen-bond acceptors (Lipinski definition) is 3. The molecule has 2 rings (SSSR count). The van der Waals surface area contributed by atoms with Crippen molar-refractivity contribution in [3.8, 4) is 0 Å².